The van der Waals surface area contributed by atoms with E-state index in [1.54, 1.807) is 12.2 Å². The molecule has 96 valence electrons. The second kappa shape index (κ2) is 6.55. The molecule has 18 heavy (non-hydrogen) atoms. The number of halogens is 1. The zero-order valence-electron chi connectivity index (χ0n) is 9.52. The largest absolute Gasteiger partial charge is 0.408 e. The lowest BCUT2D eigenvalue weighted by atomic mass is 10.5. The zero-order chi connectivity index (χ0) is 13.5. The highest BCUT2D eigenvalue weighted by atomic mass is 35.5. The van der Waals surface area contributed by atoms with Crippen LogP contribution in [0.4, 0.5) is 17.5 Å². The smallest absolute Gasteiger partial charge is 0.362 e. The molecule has 0 bridgehead atoms. The first-order chi connectivity index (χ1) is 8.60. The highest BCUT2D eigenvalue weighted by Crippen LogP contribution is 2.26. The molecule has 0 saturated carbocycles. The van der Waals surface area contributed by atoms with Crippen LogP contribution in [0.1, 0.15) is 0 Å². The Morgan fingerprint density at radius 1 is 1.22 bits per heavy atom. The van der Waals surface area contributed by atoms with Gasteiger partial charge in [0.25, 0.3) is 5.15 Å². The molecular weight excluding hydrogens is 258 g/mol. The lowest BCUT2D eigenvalue weighted by molar-refractivity contribution is -0.388. The standard InChI is InChI=1S/C10H12ClN5O2/c1-3-5-12-8-7(11)14-10(16(17)18)9(15-8)13-6-4-2/h3-4H,1-2,5-6H2,(H2,12,13,15). The first-order valence-corrected chi connectivity index (χ1v) is 5.39. The number of rotatable bonds is 7. The molecule has 8 heteroatoms. The van der Waals surface area contributed by atoms with Crippen LogP contribution in [0.2, 0.25) is 5.15 Å². The second-order valence-electron chi connectivity index (χ2n) is 3.13. The quantitative estimate of drug-likeness (QED) is 0.448. The Balaban J connectivity index is 3.12. The minimum Gasteiger partial charge on any atom is -0.362 e. The van der Waals surface area contributed by atoms with Crippen molar-refractivity contribution in [3.8, 4) is 0 Å². The third kappa shape index (κ3) is 3.42. The molecule has 0 aromatic carbocycles. The van der Waals surface area contributed by atoms with Crippen LogP contribution in [0.5, 0.6) is 0 Å². The molecule has 0 spiro atoms. The van der Waals surface area contributed by atoms with Crippen molar-refractivity contribution in [2.24, 2.45) is 0 Å². The summed E-state index contributed by atoms with van der Waals surface area (Å²) in [5.74, 6) is -0.129. The fourth-order valence-electron chi connectivity index (χ4n) is 1.10. The van der Waals surface area contributed by atoms with Gasteiger partial charge in [-0.2, -0.15) is 0 Å². The molecule has 2 N–H and O–H groups in total. The van der Waals surface area contributed by atoms with Crippen LogP contribution < -0.4 is 10.6 Å². The van der Waals surface area contributed by atoms with Gasteiger partial charge in [0.1, 0.15) is 0 Å². The van der Waals surface area contributed by atoms with Crippen LogP contribution in [-0.2, 0) is 0 Å². The van der Waals surface area contributed by atoms with Gasteiger partial charge < -0.3 is 20.7 Å². The summed E-state index contributed by atoms with van der Waals surface area (Å²) >= 11 is 5.79. The molecule has 0 aliphatic heterocycles. The van der Waals surface area contributed by atoms with Gasteiger partial charge in [0, 0.05) is 13.1 Å². The predicted octanol–water partition coefficient (Wildman–Crippen LogP) is 2.23. The Kier molecular flexibility index (Phi) is 5.06. The van der Waals surface area contributed by atoms with E-state index in [-0.39, 0.29) is 16.8 Å². The van der Waals surface area contributed by atoms with Gasteiger partial charge in [0.05, 0.1) is 0 Å². The summed E-state index contributed by atoms with van der Waals surface area (Å²) in [4.78, 5) is 17.9. The van der Waals surface area contributed by atoms with Crippen molar-refractivity contribution in [1.82, 2.24) is 9.97 Å². The monoisotopic (exact) mass is 269 g/mol. The highest BCUT2D eigenvalue weighted by molar-refractivity contribution is 6.31. The first kappa shape index (κ1) is 13.9. The Bertz CT molecular complexity index is 478. The van der Waals surface area contributed by atoms with Gasteiger partial charge in [0.15, 0.2) is 5.82 Å². The molecule has 7 nitrogen and oxygen atoms in total. The van der Waals surface area contributed by atoms with Crippen LogP contribution in [-0.4, -0.2) is 28.0 Å². The van der Waals surface area contributed by atoms with Crippen LogP contribution in [0.25, 0.3) is 0 Å². The van der Waals surface area contributed by atoms with Crippen molar-refractivity contribution < 1.29 is 4.92 Å². The topological polar surface area (TPSA) is 93.0 Å². The summed E-state index contributed by atoms with van der Waals surface area (Å²) in [7, 11) is 0. The summed E-state index contributed by atoms with van der Waals surface area (Å²) in [5, 5.41) is 16.3. The highest BCUT2D eigenvalue weighted by Gasteiger charge is 2.22. The molecule has 0 amide bonds. The van der Waals surface area contributed by atoms with Crippen molar-refractivity contribution >= 4 is 29.1 Å². The van der Waals surface area contributed by atoms with E-state index in [2.05, 4.69) is 33.8 Å². The van der Waals surface area contributed by atoms with Crippen molar-refractivity contribution in [2.45, 2.75) is 0 Å². The minimum absolute atomic E-state index is 0.0378. The zero-order valence-corrected chi connectivity index (χ0v) is 10.3. The van der Waals surface area contributed by atoms with Gasteiger partial charge in [0.2, 0.25) is 5.82 Å². The predicted molar refractivity (Wildman–Crippen MR) is 71.1 cm³/mol. The van der Waals surface area contributed by atoms with Crippen molar-refractivity contribution in [2.75, 3.05) is 23.7 Å². The second-order valence-corrected chi connectivity index (χ2v) is 3.49. The van der Waals surface area contributed by atoms with Crippen molar-refractivity contribution in [3.05, 3.63) is 40.6 Å². The Labute approximate surface area is 109 Å². The fourth-order valence-corrected chi connectivity index (χ4v) is 1.29. The van der Waals surface area contributed by atoms with Crippen LogP contribution in [0, 0.1) is 10.1 Å². The number of hydrogen-bond acceptors (Lipinski definition) is 6. The normalized spacial score (nSPS) is 9.61. The summed E-state index contributed by atoms with van der Waals surface area (Å²) in [6.45, 7) is 7.79. The van der Waals surface area contributed by atoms with E-state index in [0.717, 1.165) is 0 Å². The van der Waals surface area contributed by atoms with E-state index >= 15 is 0 Å². The first-order valence-electron chi connectivity index (χ1n) is 5.01. The van der Waals surface area contributed by atoms with E-state index in [0.29, 0.717) is 13.1 Å². The van der Waals surface area contributed by atoms with Crippen LogP contribution >= 0.6 is 11.6 Å². The number of nitrogens with zero attached hydrogens (tertiary/aromatic N) is 3. The van der Waals surface area contributed by atoms with Gasteiger partial charge in [-0.15, -0.1) is 13.2 Å². The number of nitro groups is 1. The molecule has 1 aromatic heterocycles. The maximum absolute atomic E-state index is 10.8. The van der Waals surface area contributed by atoms with Gasteiger partial charge in [-0.1, -0.05) is 12.2 Å². The molecule has 1 heterocycles. The molecule has 0 aliphatic carbocycles. The Hall–Kier alpha value is -2.15. The third-order valence-corrected chi connectivity index (χ3v) is 2.10. The number of aromatic nitrogens is 2. The number of nitrogens with one attached hydrogen (secondary N) is 2. The Morgan fingerprint density at radius 2 is 1.78 bits per heavy atom. The van der Waals surface area contributed by atoms with E-state index in [1.165, 1.54) is 0 Å². The summed E-state index contributed by atoms with van der Waals surface area (Å²) in [5.41, 5.74) is 0. The Morgan fingerprint density at radius 3 is 2.28 bits per heavy atom. The molecule has 0 unspecified atom stereocenters. The van der Waals surface area contributed by atoms with Gasteiger partial charge in [-0.05, 0) is 21.5 Å². The molecule has 1 rings (SSSR count). The van der Waals surface area contributed by atoms with E-state index in [4.69, 9.17) is 11.6 Å². The molecular formula is C10H12ClN5O2. The lowest BCUT2D eigenvalue weighted by Crippen LogP contribution is -2.10. The van der Waals surface area contributed by atoms with E-state index in [9.17, 15) is 10.1 Å². The van der Waals surface area contributed by atoms with Crippen molar-refractivity contribution in [3.63, 3.8) is 0 Å². The molecule has 1 aromatic rings. The van der Waals surface area contributed by atoms with Crippen LogP contribution in [0.15, 0.2) is 25.3 Å². The summed E-state index contributed by atoms with van der Waals surface area (Å²) < 4.78 is 0. The van der Waals surface area contributed by atoms with Gasteiger partial charge in [-0.3, -0.25) is 0 Å². The molecule has 0 radical (unpaired) electrons. The van der Waals surface area contributed by atoms with Gasteiger partial charge in [-0.25, -0.2) is 4.98 Å². The lowest BCUT2D eigenvalue weighted by Gasteiger charge is -2.07. The average molecular weight is 270 g/mol. The molecule has 0 saturated heterocycles. The van der Waals surface area contributed by atoms with Crippen molar-refractivity contribution in [1.29, 1.82) is 0 Å². The molecule has 0 atom stereocenters. The molecule has 0 fully saturated rings. The third-order valence-electron chi connectivity index (χ3n) is 1.84. The number of anilines is 2. The van der Waals surface area contributed by atoms with Crippen LogP contribution in [0.3, 0.4) is 0 Å². The fraction of sp³-hybridized carbons (Fsp3) is 0.200. The summed E-state index contributed by atoms with van der Waals surface area (Å²) in [6, 6.07) is 0. The maximum atomic E-state index is 10.8. The number of hydrogen-bond donors (Lipinski definition) is 2. The van der Waals surface area contributed by atoms with E-state index in [1.807, 2.05) is 0 Å². The maximum Gasteiger partial charge on any atom is 0.408 e. The summed E-state index contributed by atoms with van der Waals surface area (Å²) in [6.07, 6.45) is 3.16. The van der Waals surface area contributed by atoms with Gasteiger partial charge >= 0.3 is 5.82 Å². The molecule has 0 aliphatic rings. The minimum atomic E-state index is -0.651. The average Bonchev–Trinajstić information content (AvgIpc) is 2.35. The van der Waals surface area contributed by atoms with E-state index < -0.39 is 10.7 Å². The SMILES string of the molecule is C=CCNc1nc(NCC=C)c([N+](=O)[O-])nc1Cl.